The van der Waals surface area contributed by atoms with Gasteiger partial charge in [0.1, 0.15) is 16.5 Å². The van der Waals surface area contributed by atoms with Gasteiger partial charge in [-0.05, 0) is 37.3 Å². The van der Waals surface area contributed by atoms with Crippen molar-refractivity contribution in [2.75, 3.05) is 11.8 Å². The zero-order valence-electron chi connectivity index (χ0n) is 13.5. The number of ether oxygens (including phenoxy) is 1. The predicted octanol–water partition coefficient (Wildman–Crippen LogP) is 3.60. The number of para-hydroxylation sites is 1. The number of nitrogens with zero attached hydrogens (tertiary/aromatic N) is 1. The number of benzene rings is 2. The predicted molar refractivity (Wildman–Crippen MR) is 90.4 cm³/mol. The lowest BCUT2D eigenvalue weighted by molar-refractivity contribution is 0.401. The summed E-state index contributed by atoms with van der Waals surface area (Å²) in [7, 11) is -2.68. The van der Waals surface area contributed by atoms with Crippen LogP contribution in [-0.4, -0.2) is 20.7 Å². The van der Waals surface area contributed by atoms with Crippen LogP contribution in [0.1, 0.15) is 5.69 Å². The second-order valence-electron chi connectivity index (χ2n) is 5.28. The van der Waals surface area contributed by atoms with Crippen molar-refractivity contribution in [2.24, 2.45) is 0 Å². The van der Waals surface area contributed by atoms with Crippen LogP contribution in [0.15, 0.2) is 57.9 Å². The van der Waals surface area contributed by atoms with Crippen LogP contribution in [0.2, 0.25) is 0 Å². The van der Waals surface area contributed by atoms with E-state index in [1.165, 1.54) is 43.5 Å². The van der Waals surface area contributed by atoms with Crippen LogP contribution < -0.4 is 9.46 Å². The minimum absolute atomic E-state index is 0.107. The Hall–Kier alpha value is -2.87. The third-order valence-electron chi connectivity index (χ3n) is 3.48. The maximum absolute atomic E-state index is 13.7. The topological polar surface area (TPSA) is 81.4 Å². The highest BCUT2D eigenvalue weighted by Gasteiger charge is 2.22. The molecular formula is C17H15FN2O4S. The minimum Gasteiger partial charge on any atom is -0.495 e. The van der Waals surface area contributed by atoms with Gasteiger partial charge in [0.05, 0.1) is 18.5 Å². The lowest BCUT2D eigenvalue weighted by Gasteiger charge is -2.12. The van der Waals surface area contributed by atoms with Crippen LogP contribution in [0.4, 0.5) is 10.1 Å². The molecule has 0 amide bonds. The lowest BCUT2D eigenvalue weighted by Crippen LogP contribution is -2.15. The van der Waals surface area contributed by atoms with Gasteiger partial charge in [-0.15, -0.1) is 0 Å². The SMILES string of the molecule is COc1cc(-c2cc(C)no2)ccc1S(=O)(=O)Nc1ccccc1F. The average molecular weight is 362 g/mol. The van der Waals surface area contributed by atoms with E-state index in [4.69, 9.17) is 9.26 Å². The van der Waals surface area contributed by atoms with Gasteiger partial charge < -0.3 is 9.26 Å². The molecule has 0 spiro atoms. The summed E-state index contributed by atoms with van der Waals surface area (Å²) in [5, 5.41) is 3.80. The fourth-order valence-corrected chi connectivity index (χ4v) is 3.51. The summed E-state index contributed by atoms with van der Waals surface area (Å²) in [6, 6.07) is 11.7. The Labute approximate surface area is 144 Å². The number of halogens is 1. The van der Waals surface area contributed by atoms with Crippen molar-refractivity contribution in [3.8, 4) is 17.1 Å². The van der Waals surface area contributed by atoms with Crippen molar-refractivity contribution in [1.82, 2.24) is 5.16 Å². The molecule has 130 valence electrons. The molecular weight excluding hydrogens is 347 g/mol. The number of nitrogens with one attached hydrogen (secondary N) is 1. The summed E-state index contributed by atoms with van der Waals surface area (Å²) in [6.07, 6.45) is 0. The van der Waals surface area contributed by atoms with Gasteiger partial charge in [0.15, 0.2) is 5.76 Å². The first-order valence-electron chi connectivity index (χ1n) is 7.30. The molecule has 3 rings (SSSR count). The first kappa shape index (κ1) is 17.0. The molecule has 0 fully saturated rings. The van der Waals surface area contributed by atoms with Gasteiger partial charge in [-0.25, -0.2) is 12.8 Å². The van der Waals surface area contributed by atoms with Gasteiger partial charge in [0, 0.05) is 11.6 Å². The molecule has 0 saturated carbocycles. The Morgan fingerprint density at radius 1 is 1.16 bits per heavy atom. The molecule has 25 heavy (non-hydrogen) atoms. The largest absolute Gasteiger partial charge is 0.495 e. The third kappa shape index (κ3) is 3.48. The molecule has 0 aliphatic rings. The molecule has 1 aromatic heterocycles. The smallest absolute Gasteiger partial charge is 0.265 e. The van der Waals surface area contributed by atoms with E-state index in [1.807, 2.05) is 0 Å². The highest BCUT2D eigenvalue weighted by atomic mass is 32.2. The number of methoxy groups -OCH3 is 1. The molecule has 3 aromatic rings. The maximum Gasteiger partial charge on any atom is 0.265 e. The standard InChI is InChI=1S/C17H15FN2O4S/c1-11-9-15(24-19-11)12-7-8-17(16(10-12)23-2)25(21,22)20-14-6-4-3-5-13(14)18/h3-10,20H,1-2H3. The Morgan fingerprint density at radius 3 is 2.56 bits per heavy atom. The fourth-order valence-electron chi connectivity index (χ4n) is 2.29. The number of hydrogen-bond acceptors (Lipinski definition) is 5. The van der Waals surface area contributed by atoms with Crippen LogP contribution in [-0.2, 0) is 10.0 Å². The van der Waals surface area contributed by atoms with E-state index >= 15 is 0 Å². The molecule has 0 saturated heterocycles. The van der Waals surface area contributed by atoms with Crippen LogP contribution in [0.3, 0.4) is 0 Å². The number of rotatable bonds is 5. The molecule has 1 heterocycles. The van der Waals surface area contributed by atoms with E-state index in [1.54, 1.807) is 19.1 Å². The van der Waals surface area contributed by atoms with Gasteiger partial charge in [0.25, 0.3) is 10.0 Å². The van der Waals surface area contributed by atoms with E-state index in [0.29, 0.717) is 17.0 Å². The van der Waals surface area contributed by atoms with E-state index in [-0.39, 0.29) is 16.3 Å². The lowest BCUT2D eigenvalue weighted by atomic mass is 10.1. The number of aryl methyl sites for hydroxylation is 1. The summed E-state index contributed by atoms with van der Waals surface area (Å²) in [5.74, 6) is -0.0731. The molecule has 6 nitrogen and oxygen atoms in total. The minimum atomic E-state index is -4.03. The van der Waals surface area contributed by atoms with Gasteiger partial charge in [-0.2, -0.15) is 0 Å². The molecule has 0 radical (unpaired) electrons. The summed E-state index contributed by atoms with van der Waals surface area (Å²) in [4.78, 5) is -0.113. The van der Waals surface area contributed by atoms with Gasteiger partial charge in [-0.3, -0.25) is 4.72 Å². The fraction of sp³-hybridized carbons (Fsp3) is 0.118. The van der Waals surface area contributed by atoms with Crippen LogP contribution in [0.5, 0.6) is 5.75 Å². The number of sulfonamides is 1. The van der Waals surface area contributed by atoms with Gasteiger partial charge >= 0.3 is 0 Å². The van der Waals surface area contributed by atoms with E-state index in [2.05, 4.69) is 9.88 Å². The molecule has 0 unspecified atom stereocenters. The summed E-state index contributed by atoms with van der Waals surface area (Å²) in [5.41, 5.74) is 1.17. The highest BCUT2D eigenvalue weighted by Crippen LogP contribution is 2.31. The van der Waals surface area contributed by atoms with Crippen molar-refractivity contribution < 1.29 is 22.1 Å². The average Bonchev–Trinajstić information content (AvgIpc) is 3.02. The van der Waals surface area contributed by atoms with E-state index < -0.39 is 15.8 Å². The Bertz CT molecular complexity index is 1010. The first-order chi connectivity index (χ1) is 11.9. The van der Waals surface area contributed by atoms with Crippen molar-refractivity contribution >= 4 is 15.7 Å². The Balaban J connectivity index is 2.00. The summed E-state index contributed by atoms with van der Waals surface area (Å²) in [6.45, 7) is 1.78. The third-order valence-corrected chi connectivity index (χ3v) is 4.89. The number of anilines is 1. The number of aromatic nitrogens is 1. The normalized spacial score (nSPS) is 11.3. The quantitative estimate of drug-likeness (QED) is 0.750. The molecule has 0 atom stereocenters. The zero-order valence-corrected chi connectivity index (χ0v) is 14.3. The van der Waals surface area contributed by atoms with Crippen molar-refractivity contribution in [3.63, 3.8) is 0 Å². The van der Waals surface area contributed by atoms with Gasteiger partial charge in [-0.1, -0.05) is 17.3 Å². The van der Waals surface area contributed by atoms with Crippen LogP contribution >= 0.6 is 0 Å². The van der Waals surface area contributed by atoms with E-state index in [9.17, 15) is 12.8 Å². The van der Waals surface area contributed by atoms with Crippen molar-refractivity contribution in [2.45, 2.75) is 11.8 Å². The molecule has 1 N–H and O–H groups in total. The highest BCUT2D eigenvalue weighted by molar-refractivity contribution is 7.92. The summed E-state index contributed by atoms with van der Waals surface area (Å²) >= 11 is 0. The Kier molecular flexibility index (Phi) is 4.45. The van der Waals surface area contributed by atoms with Crippen molar-refractivity contribution in [3.05, 3.63) is 60.0 Å². The van der Waals surface area contributed by atoms with Crippen LogP contribution in [0, 0.1) is 12.7 Å². The molecule has 0 bridgehead atoms. The monoisotopic (exact) mass is 362 g/mol. The Morgan fingerprint density at radius 2 is 1.92 bits per heavy atom. The molecule has 0 aliphatic heterocycles. The molecule has 0 aliphatic carbocycles. The summed E-state index contributed by atoms with van der Waals surface area (Å²) < 4.78 is 51.5. The molecule has 2 aromatic carbocycles. The zero-order chi connectivity index (χ0) is 18.0. The number of hydrogen-bond donors (Lipinski definition) is 1. The van der Waals surface area contributed by atoms with E-state index in [0.717, 1.165) is 0 Å². The first-order valence-corrected chi connectivity index (χ1v) is 8.78. The second kappa shape index (κ2) is 6.56. The maximum atomic E-state index is 13.7. The van der Waals surface area contributed by atoms with Crippen molar-refractivity contribution in [1.29, 1.82) is 0 Å². The second-order valence-corrected chi connectivity index (χ2v) is 6.93. The van der Waals surface area contributed by atoms with Gasteiger partial charge in [0.2, 0.25) is 0 Å². The van der Waals surface area contributed by atoms with Crippen LogP contribution in [0.25, 0.3) is 11.3 Å². The molecule has 8 heteroatoms.